The van der Waals surface area contributed by atoms with Crippen molar-refractivity contribution in [1.29, 1.82) is 0 Å². The van der Waals surface area contributed by atoms with Crippen molar-refractivity contribution in [3.63, 3.8) is 0 Å². The number of alkyl halides is 3. The summed E-state index contributed by atoms with van der Waals surface area (Å²) in [4.78, 5) is 24.8. The lowest BCUT2D eigenvalue weighted by atomic mass is 10.1. The highest BCUT2D eigenvalue weighted by atomic mass is 79.9. The minimum absolute atomic E-state index is 0.0000835. The fourth-order valence-electron chi connectivity index (χ4n) is 2.17. The minimum Gasteiger partial charge on any atom is -0.469 e. The van der Waals surface area contributed by atoms with Gasteiger partial charge in [0, 0.05) is 17.4 Å². The molecule has 1 aromatic carbocycles. The van der Waals surface area contributed by atoms with Crippen LogP contribution in [0.5, 0.6) is 5.75 Å². The van der Waals surface area contributed by atoms with Gasteiger partial charge in [-0.1, -0.05) is 0 Å². The van der Waals surface area contributed by atoms with Crippen molar-refractivity contribution in [2.75, 3.05) is 18.6 Å². The average Bonchev–Trinajstić information content (AvgIpc) is 2.78. The molecule has 1 fully saturated rings. The van der Waals surface area contributed by atoms with Crippen LogP contribution in [0.3, 0.4) is 0 Å². The SMILES string of the molecule is COC(=O)C1CC(=O)N(c2ccc(OC(F)(F)F)cc2Br)C1. The van der Waals surface area contributed by atoms with Gasteiger partial charge >= 0.3 is 12.3 Å². The Hall–Kier alpha value is -1.77. The number of benzene rings is 1. The molecule has 1 atom stereocenters. The van der Waals surface area contributed by atoms with Crippen LogP contribution in [0.2, 0.25) is 0 Å². The Morgan fingerprint density at radius 2 is 2.09 bits per heavy atom. The van der Waals surface area contributed by atoms with Crippen LogP contribution in [-0.2, 0) is 14.3 Å². The highest BCUT2D eigenvalue weighted by Crippen LogP contribution is 2.35. The molecule has 0 saturated carbocycles. The Labute approximate surface area is 132 Å². The zero-order chi connectivity index (χ0) is 16.5. The summed E-state index contributed by atoms with van der Waals surface area (Å²) in [6.45, 7) is 0.115. The number of nitrogens with zero attached hydrogens (tertiary/aromatic N) is 1. The zero-order valence-corrected chi connectivity index (χ0v) is 12.9. The molecule has 0 bridgehead atoms. The van der Waals surface area contributed by atoms with Crippen molar-refractivity contribution in [3.05, 3.63) is 22.7 Å². The molecule has 1 heterocycles. The van der Waals surface area contributed by atoms with Crippen molar-refractivity contribution in [1.82, 2.24) is 0 Å². The van der Waals surface area contributed by atoms with Crippen molar-refractivity contribution in [2.45, 2.75) is 12.8 Å². The highest BCUT2D eigenvalue weighted by Gasteiger charge is 2.37. The molecule has 0 aromatic heterocycles. The average molecular weight is 382 g/mol. The van der Waals surface area contributed by atoms with Gasteiger partial charge in [-0.15, -0.1) is 13.2 Å². The summed E-state index contributed by atoms with van der Waals surface area (Å²) < 4.78 is 45.1. The van der Waals surface area contributed by atoms with E-state index >= 15 is 0 Å². The molecule has 1 saturated heterocycles. The van der Waals surface area contributed by atoms with Gasteiger partial charge < -0.3 is 14.4 Å². The van der Waals surface area contributed by atoms with Crippen LogP contribution in [0, 0.1) is 5.92 Å². The second kappa shape index (κ2) is 6.15. The van der Waals surface area contributed by atoms with Gasteiger partial charge in [0.1, 0.15) is 5.75 Å². The molecule has 0 N–H and O–H groups in total. The number of halogens is 4. The molecule has 5 nitrogen and oxygen atoms in total. The number of carbonyl (C=O) groups excluding carboxylic acids is 2. The standard InChI is InChI=1S/C13H11BrF3NO4/c1-21-12(20)7-4-11(19)18(6-7)10-3-2-8(5-9(10)14)22-13(15,16)17/h2-3,5,7H,4,6H2,1H3. The largest absolute Gasteiger partial charge is 0.573 e. The maximum atomic E-state index is 12.2. The molecule has 0 radical (unpaired) electrons. The maximum Gasteiger partial charge on any atom is 0.573 e. The van der Waals surface area contributed by atoms with Crippen molar-refractivity contribution in [3.8, 4) is 5.75 Å². The number of hydrogen-bond acceptors (Lipinski definition) is 4. The summed E-state index contributed by atoms with van der Waals surface area (Å²) in [6, 6.07) is 3.54. The second-order valence-corrected chi connectivity index (χ2v) is 5.44. The van der Waals surface area contributed by atoms with Gasteiger partial charge in [0.05, 0.1) is 18.7 Å². The lowest BCUT2D eigenvalue weighted by Crippen LogP contribution is -2.26. The number of ether oxygens (including phenoxy) is 2. The Bertz CT molecular complexity index is 605. The van der Waals surface area contributed by atoms with Crippen LogP contribution in [0.15, 0.2) is 22.7 Å². The van der Waals surface area contributed by atoms with Crippen molar-refractivity contribution < 1.29 is 32.2 Å². The van der Waals surface area contributed by atoms with Crippen LogP contribution >= 0.6 is 15.9 Å². The molecule has 0 aliphatic carbocycles. The smallest absolute Gasteiger partial charge is 0.469 e. The Balaban J connectivity index is 2.19. The molecular formula is C13H11BrF3NO4. The molecule has 0 spiro atoms. The maximum absolute atomic E-state index is 12.2. The third kappa shape index (κ3) is 3.70. The highest BCUT2D eigenvalue weighted by molar-refractivity contribution is 9.10. The van der Waals surface area contributed by atoms with Crippen molar-refractivity contribution >= 4 is 33.5 Å². The number of rotatable bonds is 3. The first-order valence-electron chi connectivity index (χ1n) is 6.14. The summed E-state index contributed by atoms with van der Waals surface area (Å²) in [5.41, 5.74) is 0.367. The molecule has 22 heavy (non-hydrogen) atoms. The van der Waals surface area contributed by atoms with Crippen LogP contribution in [0.1, 0.15) is 6.42 Å². The molecule has 1 amide bonds. The fourth-order valence-corrected chi connectivity index (χ4v) is 2.74. The Morgan fingerprint density at radius 1 is 1.41 bits per heavy atom. The molecule has 2 rings (SSSR count). The van der Waals surface area contributed by atoms with Gasteiger partial charge in [-0.3, -0.25) is 9.59 Å². The number of hydrogen-bond donors (Lipinski definition) is 0. The third-order valence-electron chi connectivity index (χ3n) is 3.10. The summed E-state index contributed by atoms with van der Waals surface area (Å²) in [6.07, 6.45) is -4.79. The van der Waals surface area contributed by atoms with E-state index < -0.39 is 24.0 Å². The quantitative estimate of drug-likeness (QED) is 0.755. The van der Waals surface area contributed by atoms with Gasteiger partial charge in [0.15, 0.2) is 0 Å². The van der Waals surface area contributed by atoms with E-state index in [-0.39, 0.29) is 23.3 Å². The van der Waals surface area contributed by atoms with Crippen LogP contribution in [0.25, 0.3) is 0 Å². The number of anilines is 1. The summed E-state index contributed by atoms with van der Waals surface area (Å²) in [7, 11) is 1.23. The Morgan fingerprint density at radius 3 is 2.64 bits per heavy atom. The number of carbonyl (C=O) groups is 2. The van der Waals surface area contributed by atoms with Crippen LogP contribution in [0.4, 0.5) is 18.9 Å². The molecule has 1 aliphatic heterocycles. The number of esters is 1. The summed E-state index contributed by atoms with van der Waals surface area (Å²) in [5.74, 6) is -1.79. The van der Waals surface area contributed by atoms with E-state index in [0.717, 1.165) is 12.1 Å². The predicted octanol–water partition coefficient (Wildman–Crippen LogP) is 2.87. The minimum atomic E-state index is -4.79. The fraction of sp³-hybridized carbons (Fsp3) is 0.385. The van der Waals surface area contributed by atoms with Gasteiger partial charge in [0.25, 0.3) is 0 Å². The van der Waals surface area contributed by atoms with E-state index in [4.69, 9.17) is 0 Å². The van der Waals surface area contributed by atoms with Crippen molar-refractivity contribution in [2.24, 2.45) is 5.92 Å². The zero-order valence-electron chi connectivity index (χ0n) is 11.3. The van der Waals surface area contributed by atoms with Crippen LogP contribution in [-0.4, -0.2) is 31.9 Å². The normalized spacial score (nSPS) is 18.5. The first-order valence-corrected chi connectivity index (χ1v) is 6.94. The van der Waals surface area contributed by atoms with E-state index in [9.17, 15) is 22.8 Å². The topological polar surface area (TPSA) is 55.8 Å². The molecule has 1 aliphatic rings. The van der Waals surface area contributed by atoms with Gasteiger partial charge in [-0.25, -0.2) is 0 Å². The summed E-state index contributed by atoms with van der Waals surface area (Å²) >= 11 is 3.11. The Kier molecular flexibility index (Phi) is 4.64. The first-order chi connectivity index (χ1) is 10.2. The van der Waals surface area contributed by atoms with Crippen LogP contribution < -0.4 is 9.64 Å². The van der Waals surface area contributed by atoms with E-state index in [2.05, 4.69) is 25.4 Å². The van der Waals surface area contributed by atoms with Gasteiger partial charge in [0.2, 0.25) is 5.91 Å². The predicted molar refractivity (Wildman–Crippen MR) is 73.3 cm³/mol. The van der Waals surface area contributed by atoms with Gasteiger partial charge in [-0.05, 0) is 34.1 Å². The van der Waals surface area contributed by atoms with E-state index in [1.165, 1.54) is 18.1 Å². The van der Waals surface area contributed by atoms with E-state index in [1.54, 1.807) is 0 Å². The summed E-state index contributed by atoms with van der Waals surface area (Å²) in [5, 5.41) is 0. The molecule has 1 aromatic rings. The molecule has 1 unspecified atom stereocenters. The lowest BCUT2D eigenvalue weighted by Gasteiger charge is -2.19. The second-order valence-electron chi connectivity index (χ2n) is 4.59. The molecule has 9 heteroatoms. The third-order valence-corrected chi connectivity index (χ3v) is 3.74. The number of methoxy groups -OCH3 is 1. The first kappa shape index (κ1) is 16.6. The monoisotopic (exact) mass is 381 g/mol. The number of amides is 1. The van der Waals surface area contributed by atoms with E-state index in [0.29, 0.717) is 5.69 Å². The molecular weight excluding hydrogens is 371 g/mol. The lowest BCUT2D eigenvalue weighted by molar-refractivity contribution is -0.274. The van der Waals surface area contributed by atoms with Gasteiger partial charge in [-0.2, -0.15) is 0 Å². The van der Waals surface area contributed by atoms with E-state index in [1.807, 2.05) is 0 Å². The molecule has 120 valence electrons.